The number of nitrogens with zero attached hydrogens (tertiary/aromatic N) is 2. The van der Waals surface area contributed by atoms with E-state index < -0.39 is 0 Å². The van der Waals surface area contributed by atoms with Crippen LogP contribution in [0.1, 0.15) is 23.0 Å². The Balaban J connectivity index is 1.82. The summed E-state index contributed by atoms with van der Waals surface area (Å²) in [5, 5.41) is 4.57. The van der Waals surface area contributed by atoms with Crippen molar-refractivity contribution in [3.05, 3.63) is 40.9 Å². The zero-order valence-electron chi connectivity index (χ0n) is 15.4. The Morgan fingerprint density at radius 2 is 1.93 bits per heavy atom. The molecule has 0 bridgehead atoms. The van der Waals surface area contributed by atoms with Crippen molar-refractivity contribution in [2.24, 2.45) is 0 Å². The lowest BCUT2D eigenvalue weighted by atomic mass is 10.2. The highest BCUT2D eigenvalue weighted by Gasteiger charge is 2.11. The zero-order valence-corrected chi connectivity index (χ0v) is 17.0. The Bertz CT molecular complexity index is 803. The molecule has 0 aliphatic rings. The van der Waals surface area contributed by atoms with Crippen LogP contribution in [0.4, 0.5) is 5.69 Å². The predicted octanol–water partition coefficient (Wildman–Crippen LogP) is 2.68. The summed E-state index contributed by atoms with van der Waals surface area (Å²) in [5.41, 5.74) is 1.82. The molecule has 1 heterocycles. The third kappa shape index (κ3) is 6.69. The number of anilines is 1. The SMILES string of the molecule is CCOC(=O)Cc1csc(SCC(=O)Nc2ccc(C(=O)N(C)C)cc2)n1. The van der Waals surface area contributed by atoms with Crippen LogP contribution in [0.25, 0.3) is 0 Å². The molecule has 0 atom stereocenters. The molecule has 0 unspecified atom stereocenters. The second-order valence-electron chi connectivity index (χ2n) is 5.70. The first-order valence-corrected chi connectivity index (χ1v) is 10.1. The van der Waals surface area contributed by atoms with E-state index in [0.717, 1.165) is 4.34 Å². The average molecular weight is 408 g/mol. The number of nitrogens with one attached hydrogen (secondary N) is 1. The highest BCUT2D eigenvalue weighted by molar-refractivity contribution is 8.01. The Morgan fingerprint density at radius 3 is 2.56 bits per heavy atom. The summed E-state index contributed by atoms with van der Waals surface area (Å²) in [7, 11) is 3.37. The normalized spacial score (nSPS) is 10.3. The Kier molecular flexibility index (Phi) is 7.81. The molecule has 0 aliphatic carbocycles. The van der Waals surface area contributed by atoms with E-state index in [0.29, 0.717) is 23.6 Å². The first-order valence-electron chi connectivity index (χ1n) is 8.23. The van der Waals surface area contributed by atoms with Gasteiger partial charge in [0, 0.05) is 30.7 Å². The van der Waals surface area contributed by atoms with Crippen molar-refractivity contribution in [3.8, 4) is 0 Å². The first-order chi connectivity index (χ1) is 12.9. The molecule has 0 aliphatic heterocycles. The number of hydrogen-bond donors (Lipinski definition) is 1. The van der Waals surface area contributed by atoms with E-state index in [2.05, 4.69) is 10.3 Å². The van der Waals surface area contributed by atoms with E-state index in [9.17, 15) is 14.4 Å². The number of aromatic nitrogens is 1. The van der Waals surface area contributed by atoms with E-state index >= 15 is 0 Å². The van der Waals surface area contributed by atoms with E-state index in [1.807, 2.05) is 0 Å². The molecule has 27 heavy (non-hydrogen) atoms. The van der Waals surface area contributed by atoms with Gasteiger partial charge in [-0.1, -0.05) is 11.8 Å². The van der Waals surface area contributed by atoms with Crippen molar-refractivity contribution < 1.29 is 19.1 Å². The summed E-state index contributed by atoms with van der Waals surface area (Å²) in [6.07, 6.45) is 0.134. The van der Waals surface area contributed by atoms with E-state index in [4.69, 9.17) is 4.74 Å². The molecule has 1 aromatic carbocycles. The van der Waals surface area contributed by atoms with Gasteiger partial charge in [0.2, 0.25) is 5.91 Å². The molecule has 2 aromatic rings. The topological polar surface area (TPSA) is 88.6 Å². The number of benzene rings is 1. The Morgan fingerprint density at radius 1 is 1.22 bits per heavy atom. The summed E-state index contributed by atoms with van der Waals surface area (Å²) < 4.78 is 5.61. The highest BCUT2D eigenvalue weighted by atomic mass is 32.2. The van der Waals surface area contributed by atoms with Gasteiger partial charge in [0.05, 0.1) is 24.5 Å². The minimum absolute atomic E-state index is 0.0918. The number of hydrogen-bond acceptors (Lipinski definition) is 7. The lowest BCUT2D eigenvalue weighted by Crippen LogP contribution is -2.21. The number of rotatable bonds is 8. The number of amides is 2. The predicted molar refractivity (Wildman–Crippen MR) is 106 cm³/mol. The molecule has 2 amide bonds. The number of carbonyl (C=O) groups is 3. The number of carbonyl (C=O) groups excluding carboxylic acids is 3. The lowest BCUT2D eigenvalue weighted by molar-refractivity contribution is -0.142. The maximum absolute atomic E-state index is 12.1. The van der Waals surface area contributed by atoms with Crippen LogP contribution in [0, 0.1) is 0 Å². The molecule has 144 valence electrons. The van der Waals surface area contributed by atoms with Crippen molar-refractivity contribution >= 4 is 46.6 Å². The molecule has 0 spiro atoms. The largest absolute Gasteiger partial charge is 0.466 e. The number of ether oxygens (including phenoxy) is 1. The van der Waals surface area contributed by atoms with Crippen molar-refractivity contribution in [2.45, 2.75) is 17.7 Å². The second kappa shape index (κ2) is 10.1. The van der Waals surface area contributed by atoms with E-state index in [1.165, 1.54) is 28.0 Å². The van der Waals surface area contributed by atoms with Crippen LogP contribution < -0.4 is 5.32 Å². The van der Waals surface area contributed by atoms with Crippen molar-refractivity contribution in [3.63, 3.8) is 0 Å². The van der Waals surface area contributed by atoms with Crippen LogP contribution >= 0.6 is 23.1 Å². The maximum atomic E-state index is 12.1. The molecule has 0 saturated carbocycles. The van der Waals surface area contributed by atoms with Crippen LogP contribution in [0.2, 0.25) is 0 Å². The average Bonchev–Trinajstić information content (AvgIpc) is 3.07. The molecular weight excluding hydrogens is 386 g/mol. The summed E-state index contributed by atoms with van der Waals surface area (Å²) in [6, 6.07) is 6.74. The smallest absolute Gasteiger partial charge is 0.311 e. The summed E-state index contributed by atoms with van der Waals surface area (Å²) in [6.45, 7) is 2.10. The monoisotopic (exact) mass is 407 g/mol. The van der Waals surface area contributed by atoms with Crippen molar-refractivity contribution in [1.82, 2.24) is 9.88 Å². The van der Waals surface area contributed by atoms with Gasteiger partial charge in [-0.05, 0) is 31.2 Å². The fourth-order valence-corrected chi connectivity index (χ4v) is 3.72. The van der Waals surface area contributed by atoms with Crippen molar-refractivity contribution in [2.75, 3.05) is 31.8 Å². The van der Waals surface area contributed by atoms with Gasteiger partial charge in [-0.15, -0.1) is 11.3 Å². The summed E-state index contributed by atoms with van der Waals surface area (Å²) in [4.78, 5) is 41.2. The van der Waals surface area contributed by atoms with Crippen LogP contribution in [-0.4, -0.2) is 54.1 Å². The molecule has 9 heteroatoms. The third-order valence-corrected chi connectivity index (χ3v) is 5.38. The van der Waals surface area contributed by atoms with E-state index in [-0.39, 0.29) is 30.0 Å². The maximum Gasteiger partial charge on any atom is 0.311 e. The molecule has 1 N–H and O–H groups in total. The standard InChI is InChI=1S/C18H21N3O4S2/c1-4-25-16(23)9-14-10-26-18(20-14)27-11-15(22)19-13-7-5-12(6-8-13)17(24)21(2)3/h5-8,10H,4,9,11H2,1-3H3,(H,19,22). The molecule has 7 nitrogen and oxygen atoms in total. The van der Waals surface area contributed by atoms with Gasteiger partial charge in [-0.2, -0.15) is 0 Å². The molecule has 0 radical (unpaired) electrons. The van der Waals surface area contributed by atoms with Gasteiger partial charge in [0.15, 0.2) is 4.34 Å². The van der Waals surface area contributed by atoms with E-state index in [1.54, 1.807) is 50.7 Å². The molecule has 0 fully saturated rings. The molecule has 2 rings (SSSR count). The fourth-order valence-electron chi connectivity index (χ4n) is 2.07. The minimum atomic E-state index is -0.312. The number of thioether (sulfide) groups is 1. The van der Waals surface area contributed by atoms with Crippen LogP contribution in [0.15, 0.2) is 34.0 Å². The van der Waals surface area contributed by atoms with Gasteiger partial charge in [-0.3, -0.25) is 14.4 Å². The molecule has 1 aromatic heterocycles. The second-order valence-corrected chi connectivity index (χ2v) is 7.78. The van der Waals surface area contributed by atoms with Gasteiger partial charge < -0.3 is 15.0 Å². The van der Waals surface area contributed by atoms with Gasteiger partial charge in [-0.25, -0.2) is 4.98 Å². The summed E-state index contributed by atoms with van der Waals surface area (Å²) in [5.74, 6) is -0.377. The fraction of sp³-hybridized carbons (Fsp3) is 0.333. The minimum Gasteiger partial charge on any atom is -0.466 e. The number of thiazole rings is 1. The van der Waals surface area contributed by atoms with Gasteiger partial charge in [0.1, 0.15) is 0 Å². The quantitative estimate of drug-likeness (QED) is 0.535. The van der Waals surface area contributed by atoms with Gasteiger partial charge >= 0.3 is 5.97 Å². The zero-order chi connectivity index (χ0) is 19.8. The highest BCUT2D eigenvalue weighted by Crippen LogP contribution is 2.23. The molecular formula is C18H21N3O4S2. The van der Waals surface area contributed by atoms with Crippen LogP contribution in [0.3, 0.4) is 0 Å². The number of esters is 1. The Hall–Kier alpha value is -2.39. The van der Waals surface area contributed by atoms with Crippen LogP contribution in [0.5, 0.6) is 0 Å². The summed E-state index contributed by atoms with van der Waals surface area (Å²) >= 11 is 2.69. The Labute approximate surface area is 166 Å². The van der Waals surface area contributed by atoms with Crippen LogP contribution in [-0.2, 0) is 20.7 Å². The van der Waals surface area contributed by atoms with Gasteiger partial charge in [0.25, 0.3) is 5.91 Å². The third-order valence-electron chi connectivity index (χ3n) is 3.31. The molecule has 0 saturated heterocycles. The van der Waals surface area contributed by atoms with Crippen molar-refractivity contribution in [1.29, 1.82) is 0 Å². The lowest BCUT2D eigenvalue weighted by Gasteiger charge is -2.10. The first kappa shape index (κ1) is 20.9.